The third-order valence-corrected chi connectivity index (χ3v) is 5.97. The molecule has 42 heavy (non-hydrogen) atoms. The molecule has 0 fully saturated rings. The molecule has 0 unspecified atom stereocenters. The third-order valence-electron chi connectivity index (χ3n) is 5.97. The molecule has 2 aromatic heterocycles. The molecule has 0 atom stereocenters. The SMILES string of the molecule is Nc1ncc(-c2cccc(C(=O)NCc3ccccc3)c2)nc1C(=O)NCCCNC(=O)c1ccc(C(F)(F)F)nc1. The molecule has 0 bridgehead atoms. The maximum atomic E-state index is 12.7. The van der Waals surface area contributed by atoms with Crippen molar-refractivity contribution < 1.29 is 27.6 Å². The summed E-state index contributed by atoms with van der Waals surface area (Å²) in [5, 5.41) is 8.05. The minimum atomic E-state index is -4.59. The standard InChI is InChI=1S/C29H26F3N7O3/c30-29(31,32)23-11-10-21(16-36-23)27(41)34-12-5-13-35-28(42)24-25(33)37-17-22(39-24)19-8-4-9-20(14-19)26(40)38-15-18-6-2-1-3-7-18/h1-4,6-11,14,16-17H,5,12-13,15H2,(H2,33,37)(H,34,41)(H,35,42)(H,38,40). The van der Waals surface area contributed by atoms with Crippen LogP contribution in [0, 0.1) is 0 Å². The topological polar surface area (TPSA) is 152 Å². The molecule has 13 heteroatoms. The van der Waals surface area contributed by atoms with Crippen molar-refractivity contribution in [3.05, 3.63) is 107 Å². The molecule has 0 aliphatic rings. The summed E-state index contributed by atoms with van der Waals surface area (Å²) in [6, 6.07) is 18.0. The zero-order valence-electron chi connectivity index (χ0n) is 22.1. The Bertz CT molecular complexity index is 1560. The number of pyridine rings is 1. The van der Waals surface area contributed by atoms with Crippen molar-refractivity contribution in [2.24, 2.45) is 0 Å². The summed E-state index contributed by atoms with van der Waals surface area (Å²) >= 11 is 0. The number of carbonyl (C=O) groups excluding carboxylic acids is 3. The first kappa shape index (κ1) is 29.6. The zero-order valence-corrected chi connectivity index (χ0v) is 22.1. The van der Waals surface area contributed by atoms with E-state index in [1.807, 2.05) is 30.3 Å². The first-order valence-corrected chi connectivity index (χ1v) is 12.8. The highest BCUT2D eigenvalue weighted by atomic mass is 19.4. The van der Waals surface area contributed by atoms with Gasteiger partial charge >= 0.3 is 6.18 Å². The molecule has 0 spiro atoms. The van der Waals surface area contributed by atoms with E-state index in [9.17, 15) is 27.6 Å². The van der Waals surface area contributed by atoms with Gasteiger partial charge < -0.3 is 21.7 Å². The van der Waals surface area contributed by atoms with Crippen molar-refractivity contribution in [3.8, 4) is 11.3 Å². The molecule has 0 saturated heterocycles. The van der Waals surface area contributed by atoms with E-state index < -0.39 is 23.7 Å². The van der Waals surface area contributed by atoms with Crippen LogP contribution in [-0.2, 0) is 12.7 Å². The van der Waals surface area contributed by atoms with E-state index in [4.69, 9.17) is 5.73 Å². The summed E-state index contributed by atoms with van der Waals surface area (Å²) in [4.78, 5) is 49.2. The predicted molar refractivity (Wildman–Crippen MR) is 148 cm³/mol. The fourth-order valence-corrected chi connectivity index (χ4v) is 3.78. The van der Waals surface area contributed by atoms with Gasteiger partial charge in [0.1, 0.15) is 5.69 Å². The average molecular weight is 578 g/mol. The lowest BCUT2D eigenvalue weighted by Crippen LogP contribution is -2.31. The maximum Gasteiger partial charge on any atom is 0.433 e. The van der Waals surface area contributed by atoms with Crippen LogP contribution in [-0.4, -0.2) is 45.8 Å². The number of halogens is 3. The number of carbonyl (C=O) groups is 3. The summed E-state index contributed by atoms with van der Waals surface area (Å²) in [5.74, 6) is -1.54. The number of hydrogen-bond acceptors (Lipinski definition) is 7. The van der Waals surface area contributed by atoms with Crippen molar-refractivity contribution in [3.63, 3.8) is 0 Å². The summed E-state index contributed by atoms with van der Waals surface area (Å²) in [7, 11) is 0. The van der Waals surface area contributed by atoms with Crippen LogP contribution >= 0.6 is 0 Å². The molecule has 0 aliphatic heterocycles. The summed E-state index contributed by atoms with van der Waals surface area (Å²) < 4.78 is 37.9. The smallest absolute Gasteiger partial charge is 0.382 e. The number of nitrogens with one attached hydrogen (secondary N) is 3. The number of nitrogen functional groups attached to an aromatic ring is 1. The second kappa shape index (κ2) is 13.4. The highest BCUT2D eigenvalue weighted by molar-refractivity contribution is 5.97. The van der Waals surface area contributed by atoms with E-state index in [0.717, 1.165) is 23.9 Å². The lowest BCUT2D eigenvalue weighted by Gasteiger charge is -2.10. The number of hydrogen-bond donors (Lipinski definition) is 4. The number of anilines is 1. The largest absolute Gasteiger partial charge is 0.433 e. The van der Waals surface area contributed by atoms with Crippen molar-refractivity contribution in [1.29, 1.82) is 0 Å². The molecule has 0 aliphatic carbocycles. The predicted octanol–water partition coefficient (Wildman–Crippen LogP) is 3.62. The molecule has 2 heterocycles. The second-order valence-corrected chi connectivity index (χ2v) is 9.03. The molecule has 3 amide bonds. The first-order valence-electron chi connectivity index (χ1n) is 12.8. The Morgan fingerprint density at radius 1 is 0.762 bits per heavy atom. The monoisotopic (exact) mass is 577 g/mol. The Morgan fingerprint density at radius 3 is 2.17 bits per heavy atom. The van der Waals surface area contributed by atoms with Gasteiger partial charge in [-0.3, -0.25) is 19.4 Å². The van der Waals surface area contributed by atoms with Crippen LogP contribution in [0.15, 0.2) is 79.1 Å². The molecule has 2 aromatic carbocycles. The summed E-state index contributed by atoms with van der Waals surface area (Å²) in [6.45, 7) is 0.652. The number of benzene rings is 2. The number of aromatic nitrogens is 3. The second-order valence-electron chi connectivity index (χ2n) is 9.03. The van der Waals surface area contributed by atoms with Crippen LogP contribution in [0.3, 0.4) is 0 Å². The Morgan fingerprint density at radius 2 is 1.48 bits per heavy atom. The number of alkyl halides is 3. The Kier molecular flexibility index (Phi) is 9.42. The maximum absolute atomic E-state index is 12.7. The Balaban J connectivity index is 1.30. The lowest BCUT2D eigenvalue weighted by molar-refractivity contribution is -0.141. The molecule has 10 nitrogen and oxygen atoms in total. The number of rotatable bonds is 10. The van der Waals surface area contributed by atoms with Crippen LogP contribution in [0.25, 0.3) is 11.3 Å². The molecule has 0 saturated carbocycles. The molecular weight excluding hydrogens is 551 g/mol. The van der Waals surface area contributed by atoms with Crippen LogP contribution in [0.1, 0.15) is 48.9 Å². The van der Waals surface area contributed by atoms with Crippen molar-refractivity contribution in [2.75, 3.05) is 18.8 Å². The normalized spacial score (nSPS) is 11.0. The van der Waals surface area contributed by atoms with Gasteiger partial charge in [-0.15, -0.1) is 0 Å². The van der Waals surface area contributed by atoms with Crippen LogP contribution in [0.5, 0.6) is 0 Å². The Labute approximate surface area is 238 Å². The first-order chi connectivity index (χ1) is 20.1. The van der Waals surface area contributed by atoms with Gasteiger partial charge in [0.25, 0.3) is 17.7 Å². The van der Waals surface area contributed by atoms with E-state index in [1.165, 1.54) is 6.20 Å². The van der Waals surface area contributed by atoms with E-state index in [2.05, 4.69) is 30.9 Å². The van der Waals surface area contributed by atoms with Crippen LogP contribution in [0.2, 0.25) is 0 Å². The van der Waals surface area contributed by atoms with Gasteiger partial charge in [-0.05, 0) is 36.2 Å². The highest BCUT2D eigenvalue weighted by Gasteiger charge is 2.32. The molecular formula is C29H26F3N7O3. The van der Waals surface area contributed by atoms with Gasteiger partial charge in [0, 0.05) is 37.0 Å². The van der Waals surface area contributed by atoms with Crippen LogP contribution < -0.4 is 21.7 Å². The minimum Gasteiger partial charge on any atom is -0.382 e. The van der Waals surface area contributed by atoms with Gasteiger partial charge in [0.2, 0.25) is 0 Å². The molecule has 216 valence electrons. The molecule has 0 radical (unpaired) electrons. The van der Waals surface area contributed by atoms with Gasteiger partial charge in [0.05, 0.1) is 17.5 Å². The lowest BCUT2D eigenvalue weighted by atomic mass is 10.1. The van der Waals surface area contributed by atoms with Gasteiger partial charge in [-0.2, -0.15) is 13.2 Å². The van der Waals surface area contributed by atoms with Gasteiger partial charge in [-0.25, -0.2) is 9.97 Å². The minimum absolute atomic E-state index is 0.0235. The molecule has 5 N–H and O–H groups in total. The molecule has 4 aromatic rings. The zero-order chi connectivity index (χ0) is 30.1. The van der Waals surface area contributed by atoms with Gasteiger partial charge in [0.15, 0.2) is 11.5 Å². The summed E-state index contributed by atoms with van der Waals surface area (Å²) in [6.07, 6.45) is -2.03. The van der Waals surface area contributed by atoms with Crippen molar-refractivity contribution in [2.45, 2.75) is 19.1 Å². The number of nitrogens with zero attached hydrogens (tertiary/aromatic N) is 3. The van der Waals surface area contributed by atoms with Crippen LogP contribution in [0.4, 0.5) is 19.0 Å². The Hall–Kier alpha value is -5.33. The van der Waals surface area contributed by atoms with Gasteiger partial charge in [-0.1, -0.05) is 42.5 Å². The quantitative estimate of drug-likeness (QED) is 0.210. The van der Waals surface area contributed by atoms with Crippen molar-refractivity contribution in [1.82, 2.24) is 30.9 Å². The average Bonchev–Trinajstić information content (AvgIpc) is 3.00. The van der Waals surface area contributed by atoms with E-state index in [1.54, 1.807) is 24.3 Å². The molecule has 4 rings (SSSR count). The summed E-state index contributed by atoms with van der Waals surface area (Å²) in [5.41, 5.74) is 6.92. The van der Waals surface area contributed by atoms with E-state index in [-0.39, 0.29) is 36.1 Å². The van der Waals surface area contributed by atoms with E-state index >= 15 is 0 Å². The van der Waals surface area contributed by atoms with E-state index in [0.29, 0.717) is 29.8 Å². The van der Waals surface area contributed by atoms with Crippen molar-refractivity contribution >= 4 is 23.5 Å². The third kappa shape index (κ3) is 7.87. The highest BCUT2D eigenvalue weighted by Crippen LogP contribution is 2.27. The fraction of sp³-hybridized carbons (Fsp3) is 0.172. The fourth-order valence-electron chi connectivity index (χ4n) is 3.78. The number of amides is 3. The number of nitrogens with two attached hydrogens (primary N) is 1.